The van der Waals surface area contributed by atoms with E-state index in [1.807, 2.05) is 13.0 Å². The molecular weight excluding hydrogens is 264 g/mol. The summed E-state index contributed by atoms with van der Waals surface area (Å²) in [6.07, 6.45) is 4.41. The number of aryl methyl sites for hydroxylation is 1. The van der Waals surface area contributed by atoms with Gasteiger partial charge in [0.05, 0.1) is 12.2 Å². The van der Waals surface area contributed by atoms with Crippen LogP contribution in [-0.4, -0.2) is 37.3 Å². The molecule has 0 atom stereocenters. The van der Waals surface area contributed by atoms with Gasteiger partial charge >= 0.3 is 0 Å². The van der Waals surface area contributed by atoms with Crippen molar-refractivity contribution in [3.05, 3.63) is 29.3 Å². The lowest BCUT2D eigenvalue weighted by molar-refractivity contribution is 0.0935. The van der Waals surface area contributed by atoms with Crippen LogP contribution < -0.4 is 10.2 Å². The van der Waals surface area contributed by atoms with Crippen LogP contribution in [0.4, 0.5) is 5.69 Å². The highest BCUT2D eigenvalue weighted by Gasteiger charge is 2.42. The maximum atomic E-state index is 12.5. The zero-order valence-corrected chi connectivity index (χ0v) is 12.7. The molecule has 4 heteroatoms. The van der Waals surface area contributed by atoms with Gasteiger partial charge in [0.15, 0.2) is 0 Å². The Labute approximate surface area is 126 Å². The summed E-state index contributed by atoms with van der Waals surface area (Å²) in [5, 5.41) is 12.4. The second kappa shape index (κ2) is 5.68. The Kier molecular flexibility index (Phi) is 3.89. The van der Waals surface area contributed by atoms with E-state index in [0.29, 0.717) is 6.54 Å². The third-order valence-corrected chi connectivity index (χ3v) is 4.76. The largest absolute Gasteiger partial charge is 0.396 e. The lowest BCUT2D eigenvalue weighted by Gasteiger charge is -2.22. The smallest absolute Gasteiger partial charge is 0.253 e. The van der Waals surface area contributed by atoms with Gasteiger partial charge in [-0.1, -0.05) is 11.6 Å². The van der Waals surface area contributed by atoms with Crippen molar-refractivity contribution in [1.82, 2.24) is 5.32 Å². The van der Waals surface area contributed by atoms with E-state index in [1.165, 1.54) is 12.8 Å². The average molecular weight is 288 g/mol. The predicted molar refractivity (Wildman–Crippen MR) is 83.7 cm³/mol. The van der Waals surface area contributed by atoms with Crippen molar-refractivity contribution in [3.8, 4) is 0 Å². The Morgan fingerprint density at radius 1 is 1.33 bits per heavy atom. The summed E-state index contributed by atoms with van der Waals surface area (Å²) in [6.45, 7) is 4.82. The summed E-state index contributed by atoms with van der Waals surface area (Å²) in [4.78, 5) is 14.8. The number of anilines is 1. The van der Waals surface area contributed by atoms with E-state index in [9.17, 15) is 9.90 Å². The minimum absolute atomic E-state index is 0.0136. The van der Waals surface area contributed by atoms with Crippen molar-refractivity contribution >= 4 is 11.6 Å². The number of hydrogen-bond acceptors (Lipinski definition) is 3. The van der Waals surface area contributed by atoms with Crippen LogP contribution >= 0.6 is 0 Å². The number of hydrogen-bond donors (Lipinski definition) is 2. The first-order valence-electron chi connectivity index (χ1n) is 7.88. The number of nitrogens with zero attached hydrogens (tertiary/aromatic N) is 1. The van der Waals surface area contributed by atoms with Crippen LogP contribution in [0.1, 0.15) is 41.6 Å². The van der Waals surface area contributed by atoms with Crippen LogP contribution in [0.25, 0.3) is 0 Å². The Morgan fingerprint density at radius 2 is 2.05 bits per heavy atom. The standard InChI is InChI=1S/C17H24N2O2/c1-13-4-5-15(19-8-2-3-9-19)14(10-13)16(21)18-11-17(12-20)6-7-17/h4-5,10,20H,2-3,6-9,11-12H2,1H3,(H,18,21). The Hall–Kier alpha value is -1.55. The highest BCUT2D eigenvalue weighted by atomic mass is 16.3. The van der Waals surface area contributed by atoms with E-state index in [2.05, 4.69) is 22.3 Å². The summed E-state index contributed by atoms with van der Waals surface area (Å²) < 4.78 is 0. The van der Waals surface area contributed by atoms with Gasteiger partial charge in [0, 0.05) is 30.7 Å². The number of amides is 1. The van der Waals surface area contributed by atoms with Gasteiger partial charge in [-0.25, -0.2) is 0 Å². The van der Waals surface area contributed by atoms with E-state index >= 15 is 0 Å². The van der Waals surface area contributed by atoms with Crippen LogP contribution in [0.5, 0.6) is 0 Å². The molecular formula is C17H24N2O2. The molecule has 0 spiro atoms. The number of nitrogens with one attached hydrogen (secondary N) is 1. The molecule has 0 aromatic heterocycles. The number of carbonyl (C=O) groups excluding carboxylic acids is 1. The molecule has 1 saturated heterocycles. The van der Waals surface area contributed by atoms with Crippen LogP contribution in [0.3, 0.4) is 0 Å². The van der Waals surface area contributed by atoms with Crippen LogP contribution in [0.15, 0.2) is 18.2 Å². The van der Waals surface area contributed by atoms with Gasteiger partial charge in [0.2, 0.25) is 0 Å². The quantitative estimate of drug-likeness (QED) is 0.872. The van der Waals surface area contributed by atoms with Crippen molar-refractivity contribution in [2.24, 2.45) is 5.41 Å². The van der Waals surface area contributed by atoms with Gasteiger partial charge < -0.3 is 15.3 Å². The number of rotatable bonds is 5. The molecule has 2 N–H and O–H groups in total. The monoisotopic (exact) mass is 288 g/mol. The minimum atomic E-state index is -0.0483. The first-order valence-corrected chi connectivity index (χ1v) is 7.88. The summed E-state index contributed by atoms with van der Waals surface area (Å²) >= 11 is 0. The van der Waals surface area contributed by atoms with E-state index in [-0.39, 0.29) is 17.9 Å². The van der Waals surface area contributed by atoms with Gasteiger partial charge in [-0.15, -0.1) is 0 Å². The second-order valence-electron chi connectivity index (χ2n) is 6.56. The minimum Gasteiger partial charge on any atom is -0.396 e. The highest BCUT2D eigenvalue weighted by Crippen LogP contribution is 2.44. The SMILES string of the molecule is Cc1ccc(N2CCCC2)c(C(=O)NCC2(CO)CC2)c1. The Morgan fingerprint density at radius 3 is 2.67 bits per heavy atom. The van der Waals surface area contributed by atoms with Crippen molar-refractivity contribution in [3.63, 3.8) is 0 Å². The molecule has 3 rings (SSSR count). The summed E-state index contributed by atoms with van der Waals surface area (Å²) in [7, 11) is 0. The normalized spacial score (nSPS) is 19.6. The molecule has 2 fully saturated rings. The molecule has 1 heterocycles. The van der Waals surface area contributed by atoms with E-state index in [4.69, 9.17) is 0 Å². The summed E-state index contributed by atoms with van der Waals surface area (Å²) in [6, 6.07) is 6.11. The molecule has 0 radical (unpaired) electrons. The maximum Gasteiger partial charge on any atom is 0.253 e. The molecule has 1 aromatic rings. The zero-order chi connectivity index (χ0) is 14.9. The molecule has 0 bridgehead atoms. The lowest BCUT2D eigenvalue weighted by atomic mass is 10.1. The van der Waals surface area contributed by atoms with Crippen molar-refractivity contribution in [2.45, 2.75) is 32.6 Å². The van der Waals surface area contributed by atoms with Gasteiger partial charge in [-0.3, -0.25) is 4.79 Å². The zero-order valence-electron chi connectivity index (χ0n) is 12.7. The molecule has 1 saturated carbocycles. The molecule has 1 amide bonds. The van der Waals surface area contributed by atoms with Crippen molar-refractivity contribution in [1.29, 1.82) is 0 Å². The molecule has 2 aliphatic rings. The summed E-state index contributed by atoms with van der Waals surface area (Å²) in [5.74, 6) is -0.0136. The molecule has 1 aliphatic heterocycles. The fraction of sp³-hybridized carbons (Fsp3) is 0.588. The number of aliphatic hydroxyl groups excluding tert-OH is 1. The fourth-order valence-electron chi connectivity index (χ4n) is 3.00. The number of aliphatic hydroxyl groups is 1. The van der Waals surface area contributed by atoms with E-state index < -0.39 is 0 Å². The Balaban J connectivity index is 1.76. The van der Waals surface area contributed by atoms with E-state index in [0.717, 1.165) is 42.7 Å². The average Bonchev–Trinajstić information content (AvgIpc) is 3.08. The van der Waals surface area contributed by atoms with Crippen LogP contribution in [-0.2, 0) is 0 Å². The lowest BCUT2D eigenvalue weighted by Crippen LogP contribution is -2.33. The molecule has 21 heavy (non-hydrogen) atoms. The second-order valence-corrected chi connectivity index (χ2v) is 6.56. The third-order valence-electron chi connectivity index (χ3n) is 4.76. The topological polar surface area (TPSA) is 52.6 Å². The van der Waals surface area contributed by atoms with Crippen LogP contribution in [0, 0.1) is 12.3 Å². The number of benzene rings is 1. The van der Waals surface area contributed by atoms with Crippen molar-refractivity contribution < 1.29 is 9.90 Å². The molecule has 1 aliphatic carbocycles. The molecule has 1 aromatic carbocycles. The first kappa shape index (κ1) is 14.4. The molecule has 114 valence electrons. The predicted octanol–water partition coefficient (Wildman–Crippen LogP) is 2.10. The van der Waals surface area contributed by atoms with Crippen LogP contribution in [0.2, 0.25) is 0 Å². The number of carbonyl (C=O) groups is 1. The maximum absolute atomic E-state index is 12.5. The van der Waals surface area contributed by atoms with Gasteiger partial charge in [0.25, 0.3) is 5.91 Å². The van der Waals surface area contributed by atoms with Gasteiger partial charge in [-0.2, -0.15) is 0 Å². The Bertz CT molecular complexity index is 532. The molecule has 0 unspecified atom stereocenters. The third kappa shape index (κ3) is 3.05. The van der Waals surface area contributed by atoms with Gasteiger partial charge in [-0.05, 0) is 44.7 Å². The fourth-order valence-corrected chi connectivity index (χ4v) is 3.00. The van der Waals surface area contributed by atoms with Crippen molar-refractivity contribution in [2.75, 3.05) is 31.1 Å². The molecule has 4 nitrogen and oxygen atoms in total. The van der Waals surface area contributed by atoms with Gasteiger partial charge in [0.1, 0.15) is 0 Å². The summed E-state index contributed by atoms with van der Waals surface area (Å²) in [5.41, 5.74) is 2.87. The van der Waals surface area contributed by atoms with E-state index in [1.54, 1.807) is 0 Å². The highest BCUT2D eigenvalue weighted by molar-refractivity contribution is 6.00. The first-order chi connectivity index (χ1) is 10.1.